The summed E-state index contributed by atoms with van der Waals surface area (Å²) in [6.07, 6.45) is 0. The van der Waals surface area contributed by atoms with Crippen LogP contribution in [0.5, 0.6) is 0 Å². The van der Waals surface area contributed by atoms with Crippen molar-refractivity contribution in [3.05, 3.63) is 89.7 Å². The molecule has 1 aromatic heterocycles. The minimum Gasteiger partial charge on any atom is -0.411 e. The van der Waals surface area contributed by atoms with E-state index in [1.807, 2.05) is 55.5 Å². The Morgan fingerprint density at radius 2 is 1.74 bits per heavy atom. The molecule has 0 bridgehead atoms. The topological polar surface area (TPSA) is 91.6 Å². The fourth-order valence-electron chi connectivity index (χ4n) is 4.21. The molecular formula is C28H26FN5O3S. The lowest BCUT2D eigenvalue weighted by atomic mass is 10.1. The van der Waals surface area contributed by atoms with E-state index in [0.717, 1.165) is 16.8 Å². The van der Waals surface area contributed by atoms with Crippen LogP contribution in [0.2, 0.25) is 0 Å². The third-order valence-electron chi connectivity index (χ3n) is 6.15. The molecule has 1 fully saturated rings. The van der Waals surface area contributed by atoms with Gasteiger partial charge in [0, 0.05) is 48.7 Å². The monoisotopic (exact) mass is 531 g/mol. The Morgan fingerprint density at radius 3 is 2.47 bits per heavy atom. The van der Waals surface area contributed by atoms with Crippen molar-refractivity contribution in [1.29, 1.82) is 0 Å². The van der Waals surface area contributed by atoms with Crippen LogP contribution < -0.4 is 10.2 Å². The van der Waals surface area contributed by atoms with Crippen molar-refractivity contribution < 1.29 is 18.4 Å². The number of thioether (sulfide) groups is 1. The number of carbonyl (C=O) groups excluding carboxylic acids is 2. The molecule has 0 unspecified atom stereocenters. The molecule has 1 N–H and O–H groups in total. The van der Waals surface area contributed by atoms with E-state index in [1.165, 1.54) is 23.9 Å². The summed E-state index contributed by atoms with van der Waals surface area (Å²) in [5.41, 5.74) is 3.99. The number of benzene rings is 3. The molecule has 0 radical (unpaired) electrons. The number of anilines is 2. The van der Waals surface area contributed by atoms with Gasteiger partial charge >= 0.3 is 0 Å². The van der Waals surface area contributed by atoms with E-state index in [4.69, 9.17) is 4.42 Å². The minimum absolute atomic E-state index is 0.137. The first-order chi connectivity index (χ1) is 18.4. The molecule has 4 aromatic rings. The second kappa shape index (κ2) is 11.5. The maximum atomic E-state index is 13.5. The zero-order valence-electron chi connectivity index (χ0n) is 20.8. The third-order valence-corrected chi connectivity index (χ3v) is 6.97. The van der Waals surface area contributed by atoms with Gasteiger partial charge in [0.25, 0.3) is 11.1 Å². The van der Waals surface area contributed by atoms with Gasteiger partial charge in [-0.1, -0.05) is 35.5 Å². The fraction of sp³-hybridized carbons (Fsp3) is 0.214. The second-order valence-electron chi connectivity index (χ2n) is 8.92. The highest BCUT2D eigenvalue weighted by atomic mass is 32.2. The summed E-state index contributed by atoms with van der Waals surface area (Å²) in [6.45, 7) is 4.42. The van der Waals surface area contributed by atoms with E-state index in [0.29, 0.717) is 48.5 Å². The van der Waals surface area contributed by atoms with Gasteiger partial charge in [0.1, 0.15) is 5.82 Å². The molecule has 0 spiro atoms. The van der Waals surface area contributed by atoms with Crippen LogP contribution in [0, 0.1) is 12.7 Å². The van der Waals surface area contributed by atoms with Gasteiger partial charge in [-0.2, -0.15) is 0 Å². The molecule has 1 saturated heterocycles. The molecule has 8 nitrogen and oxygen atoms in total. The lowest BCUT2D eigenvalue weighted by Gasteiger charge is -2.36. The molecule has 0 saturated carbocycles. The lowest BCUT2D eigenvalue weighted by molar-refractivity contribution is -0.113. The lowest BCUT2D eigenvalue weighted by Crippen LogP contribution is -2.48. The Balaban J connectivity index is 1.09. The number of carbonyl (C=O) groups is 2. The Kier molecular flexibility index (Phi) is 7.69. The first kappa shape index (κ1) is 25.5. The van der Waals surface area contributed by atoms with Crippen LogP contribution in [0.25, 0.3) is 11.5 Å². The van der Waals surface area contributed by atoms with E-state index in [1.54, 1.807) is 17.0 Å². The van der Waals surface area contributed by atoms with Crippen molar-refractivity contribution in [2.45, 2.75) is 12.1 Å². The van der Waals surface area contributed by atoms with Gasteiger partial charge in [0.15, 0.2) is 0 Å². The molecule has 5 rings (SSSR count). The molecule has 10 heteroatoms. The number of rotatable bonds is 7. The maximum absolute atomic E-state index is 13.5. The number of nitrogens with zero attached hydrogens (tertiary/aromatic N) is 4. The number of hydrogen-bond donors (Lipinski definition) is 1. The van der Waals surface area contributed by atoms with E-state index in [2.05, 4.69) is 20.4 Å². The molecule has 3 aromatic carbocycles. The Morgan fingerprint density at radius 1 is 0.974 bits per heavy atom. The Bertz CT molecular complexity index is 1430. The van der Waals surface area contributed by atoms with Gasteiger partial charge in [-0.3, -0.25) is 9.59 Å². The van der Waals surface area contributed by atoms with Crippen molar-refractivity contribution in [3.8, 4) is 11.5 Å². The zero-order valence-corrected chi connectivity index (χ0v) is 21.6. The minimum atomic E-state index is -0.415. The molecule has 194 valence electrons. The van der Waals surface area contributed by atoms with E-state index >= 15 is 0 Å². The highest BCUT2D eigenvalue weighted by Gasteiger charge is 2.22. The second-order valence-corrected chi connectivity index (χ2v) is 9.84. The number of hydrogen-bond acceptors (Lipinski definition) is 7. The highest BCUT2D eigenvalue weighted by molar-refractivity contribution is 7.99. The van der Waals surface area contributed by atoms with Gasteiger partial charge in [-0.25, -0.2) is 4.39 Å². The summed E-state index contributed by atoms with van der Waals surface area (Å²) in [6, 6.07) is 21.2. The van der Waals surface area contributed by atoms with Gasteiger partial charge in [0.2, 0.25) is 11.8 Å². The quantitative estimate of drug-likeness (QED) is 0.340. The average molecular weight is 532 g/mol. The van der Waals surface area contributed by atoms with E-state index in [-0.39, 0.29) is 17.6 Å². The number of amides is 2. The largest absolute Gasteiger partial charge is 0.411 e. The van der Waals surface area contributed by atoms with Gasteiger partial charge in [0.05, 0.1) is 5.75 Å². The third kappa shape index (κ3) is 6.20. The highest BCUT2D eigenvalue weighted by Crippen LogP contribution is 2.24. The predicted octanol–water partition coefficient (Wildman–Crippen LogP) is 4.88. The van der Waals surface area contributed by atoms with Crippen molar-refractivity contribution >= 4 is 35.0 Å². The molecule has 2 heterocycles. The summed E-state index contributed by atoms with van der Waals surface area (Å²) in [5, 5.41) is 11.3. The standard InChI is InChI=1S/C28H26FN5O3S/c1-19-4-2-5-20(16-19)26-31-32-28(37-26)38-18-25(35)30-23-8-10-24(11-9-23)33-12-14-34(15-13-33)27(36)21-6-3-7-22(29)17-21/h2-11,16-17H,12-15,18H2,1H3,(H,30,35). The summed E-state index contributed by atoms with van der Waals surface area (Å²) in [5.74, 6) is -0.193. The molecule has 2 amide bonds. The van der Waals surface area contributed by atoms with E-state index < -0.39 is 5.82 Å². The average Bonchev–Trinajstić information content (AvgIpc) is 3.41. The smallest absolute Gasteiger partial charge is 0.277 e. The number of aryl methyl sites for hydroxylation is 1. The van der Waals surface area contributed by atoms with Crippen LogP contribution in [-0.4, -0.2) is 58.8 Å². The van der Waals surface area contributed by atoms with Crippen molar-refractivity contribution in [2.24, 2.45) is 0 Å². The number of nitrogens with one attached hydrogen (secondary N) is 1. The summed E-state index contributed by atoms with van der Waals surface area (Å²) < 4.78 is 19.1. The zero-order chi connectivity index (χ0) is 26.5. The molecule has 1 aliphatic heterocycles. The van der Waals surface area contributed by atoms with Crippen LogP contribution >= 0.6 is 11.8 Å². The number of aromatic nitrogens is 2. The van der Waals surface area contributed by atoms with Crippen molar-refractivity contribution in [1.82, 2.24) is 15.1 Å². The predicted molar refractivity (Wildman–Crippen MR) is 145 cm³/mol. The molecule has 0 atom stereocenters. The van der Waals surface area contributed by atoms with Gasteiger partial charge in [-0.05, 0) is 61.5 Å². The Hall–Kier alpha value is -4.18. The van der Waals surface area contributed by atoms with Crippen molar-refractivity contribution in [2.75, 3.05) is 42.1 Å². The van der Waals surface area contributed by atoms with E-state index in [9.17, 15) is 14.0 Å². The number of piperazine rings is 1. The summed E-state index contributed by atoms with van der Waals surface area (Å²) in [4.78, 5) is 29.0. The van der Waals surface area contributed by atoms with Crippen LogP contribution in [0.4, 0.5) is 15.8 Å². The van der Waals surface area contributed by atoms with Crippen LogP contribution in [-0.2, 0) is 4.79 Å². The summed E-state index contributed by atoms with van der Waals surface area (Å²) in [7, 11) is 0. The van der Waals surface area contributed by atoms with Crippen LogP contribution in [0.3, 0.4) is 0 Å². The van der Waals surface area contributed by atoms with Gasteiger partial charge < -0.3 is 19.5 Å². The molecule has 1 aliphatic rings. The van der Waals surface area contributed by atoms with Gasteiger partial charge in [-0.15, -0.1) is 10.2 Å². The first-order valence-corrected chi connectivity index (χ1v) is 13.2. The molecule has 38 heavy (non-hydrogen) atoms. The summed E-state index contributed by atoms with van der Waals surface area (Å²) >= 11 is 1.18. The van der Waals surface area contributed by atoms with Crippen LogP contribution in [0.1, 0.15) is 15.9 Å². The normalized spacial score (nSPS) is 13.4. The van der Waals surface area contributed by atoms with Crippen LogP contribution in [0.15, 0.2) is 82.4 Å². The SMILES string of the molecule is Cc1cccc(-c2nnc(SCC(=O)Nc3ccc(N4CCN(C(=O)c5cccc(F)c5)CC4)cc3)o2)c1. The van der Waals surface area contributed by atoms with Crippen molar-refractivity contribution in [3.63, 3.8) is 0 Å². The number of halogens is 1. The molecular weight excluding hydrogens is 505 g/mol. The molecule has 0 aliphatic carbocycles. The fourth-order valence-corrected chi connectivity index (χ4v) is 4.78. The maximum Gasteiger partial charge on any atom is 0.277 e. The first-order valence-electron chi connectivity index (χ1n) is 12.2. The Labute approximate surface area is 223 Å².